The molecule has 4 rings (SSSR count). The molecule has 0 N–H and O–H groups in total. The highest BCUT2D eigenvalue weighted by Crippen LogP contribution is 2.23. The van der Waals surface area contributed by atoms with Gasteiger partial charge >= 0.3 is 0 Å². The van der Waals surface area contributed by atoms with Crippen LogP contribution in [0.4, 0.5) is 4.39 Å². The quantitative estimate of drug-likeness (QED) is 0.238. The van der Waals surface area contributed by atoms with Gasteiger partial charge in [-0.1, -0.05) is 50.9 Å². The summed E-state index contributed by atoms with van der Waals surface area (Å²) in [5.41, 5.74) is 1.94. The highest BCUT2D eigenvalue weighted by molar-refractivity contribution is 9.10. The lowest BCUT2D eigenvalue weighted by Crippen LogP contribution is -2.22. The van der Waals surface area contributed by atoms with Crippen LogP contribution in [0.3, 0.4) is 0 Å². The third kappa shape index (κ3) is 5.57. The van der Waals surface area contributed by atoms with Crippen molar-refractivity contribution in [2.24, 2.45) is 5.10 Å². The maximum atomic E-state index is 13.2. The van der Waals surface area contributed by atoms with Crippen LogP contribution >= 0.6 is 31.9 Å². The van der Waals surface area contributed by atoms with Crippen molar-refractivity contribution < 1.29 is 9.13 Å². The molecule has 0 fully saturated rings. The molecule has 33 heavy (non-hydrogen) atoms. The number of fused-ring (bicyclic) bond motifs is 1. The Morgan fingerprint density at radius 1 is 1.06 bits per heavy atom. The largest absolute Gasteiger partial charge is 0.488 e. The fraction of sp³-hybridized carbons (Fsp3) is 0.160. The number of benzene rings is 3. The van der Waals surface area contributed by atoms with Gasteiger partial charge < -0.3 is 4.74 Å². The minimum atomic E-state index is -0.292. The molecular weight excluding hydrogens is 553 g/mol. The number of aryl methyl sites for hydroxylation is 1. The highest BCUT2D eigenvalue weighted by Gasteiger charge is 2.11. The fourth-order valence-electron chi connectivity index (χ4n) is 3.31. The molecular formula is C25H20Br2FN3O2. The summed E-state index contributed by atoms with van der Waals surface area (Å²) in [5.74, 6) is 0.893. The Balaban J connectivity index is 1.70. The average molecular weight is 573 g/mol. The zero-order valence-corrected chi connectivity index (χ0v) is 20.9. The molecule has 1 aromatic heterocycles. The van der Waals surface area contributed by atoms with Gasteiger partial charge in [-0.2, -0.15) is 9.78 Å². The van der Waals surface area contributed by atoms with Crippen molar-refractivity contribution in [3.05, 3.63) is 103 Å². The minimum absolute atomic E-state index is 0.232. The molecule has 0 aliphatic carbocycles. The first-order chi connectivity index (χ1) is 15.9. The summed E-state index contributed by atoms with van der Waals surface area (Å²) in [7, 11) is 0. The smallest absolute Gasteiger partial charge is 0.282 e. The van der Waals surface area contributed by atoms with E-state index in [1.54, 1.807) is 24.4 Å². The van der Waals surface area contributed by atoms with Gasteiger partial charge in [0.25, 0.3) is 5.56 Å². The molecule has 0 saturated heterocycles. The van der Waals surface area contributed by atoms with E-state index in [0.29, 0.717) is 34.5 Å². The van der Waals surface area contributed by atoms with E-state index in [4.69, 9.17) is 4.74 Å². The van der Waals surface area contributed by atoms with Crippen LogP contribution < -0.4 is 10.3 Å². The van der Waals surface area contributed by atoms with Gasteiger partial charge in [0.15, 0.2) is 0 Å². The van der Waals surface area contributed by atoms with Crippen LogP contribution in [0.1, 0.15) is 30.3 Å². The number of hydrogen-bond acceptors (Lipinski definition) is 4. The Kier molecular flexibility index (Phi) is 7.35. The van der Waals surface area contributed by atoms with E-state index >= 15 is 0 Å². The van der Waals surface area contributed by atoms with Crippen LogP contribution in [-0.2, 0) is 13.0 Å². The molecule has 0 saturated carbocycles. The molecule has 0 radical (unpaired) electrons. The standard InChI is InChI=1S/C25H20Br2FN3O2/c1-2-3-24-30-22-10-6-19(27)13-21(22)25(32)31(24)29-14-17-12-18(26)7-11-23(17)33-15-16-4-8-20(28)9-5-16/h4-14H,2-3,15H2,1H3. The molecule has 0 atom stereocenters. The lowest BCUT2D eigenvalue weighted by atomic mass is 10.2. The summed E-state index contributed by atoms with van der Waals surface area (Å²) >= 11 is 6.89. The van der Waals surface area contributed by atoms with Crippen molar-refractivity contribution in [3.63, 3.8) is 0 Å². The summed E-state index contributed by atoms with van der Waals surface area (Å²) in [5, 5.41) is 4.98. The first kappa shape index (κ1) is 23.3. The Morgan fingerprint density at radius 3 is 2.55 bits per heavy atom. The average Bonchev–Trinajstić information content (AvgIpc) is 2.80. The normalized spacial score (nSPS) is 11.4. The summed E-state index contributed by atoms with van der Waals surface area (Å²) in [6.07, 6.45) is 3.04. The fourth-order valence-corrected chi connectivity index (χ4v) is 4.05. The number of rotatable bonds is 7. The van der Waals surface area contributed by atoms with Gasteiger partial charge in [0.2, 0.25) is 0 Å². The molecule has 0 amide bonds. The number of aromatic nitrogens is 2. The van der Waals surface area contributed by atoms with Crippen molar-refractivity contribution in [3.8, 4) is 5.75 Å². The molecule has 1 heterocycles. The van der Waals surface area contributed by atoms with E-state index in [-0.39, 0.29) is 18.0 Å². The van der Waals surface area contributed by atoms with E-state index in [2.05, 4.69) is 41.9 Å². The third-order valence-corrected chi connectivity index (χ3v) is 5.93. The van der Waals surface area contributed by atoms with Crippen molar-refractivity contribution in [1.82, 2.24) is 9.66 Å². The van der Waals surface area contributed by atoms with E-state index in [1.807, 2.05) is 37.3 Å². The van der Waals surface area contributed by atoms with E-state index in [1.165, 1.54) is 16.8 Å². The number of nitrogens with zero attached hydrogens (tertiary/aromatic N) is 3. The summed E-state index contributed by atoms with van der Waals surface area (Å²) < 4.78 is 22.1. The topological polar surface area (TPSA) is 56.5 Å². The Labute approximate surface area is 207 Å². The van der Waals surface area contributed by atoms with Gasteiger partial charge in [0.05, 0.1) is 17.1 Å². The second-order valence-electron chi connectivity index (χ2n) is 7.40. The van der Waals surface area contributed by atoms with Crippen LogP contribution in [0.2, 0.25) is 0 Å². The molecule has 168 valence electrons. The summed E-state index contributed by atoms with van der Waals surface area (Å²) in [6.45, 7) is 2.30. The predicted octanol–water partition coefficient (Wildman–Crippen LogP) is 6.47. The summed E-state index contributed by atoms with van der Waals surface area (Å²) in [6, 6.07) is 17.1. The van der Waals surface area contributed by atoms with Gasteiger partial charge in [-0.3, -0.25) is 4.79 Å². The Morgan fingerprint density at radius 2 is 1.79 bits per heavy atom. The van der Waals surface area contributed by atoms with E-state index < -0.39 is 0 Å². The zero-order valence-electron chi connectivity index (χ0n) is 17.8. The lowest BCUT2D eigenvalue weighted by molar-refractivity contribution is 0.305. The van der Waals surface area contributed by atoms with Crippen LogP contribution in [0.25, 0.3) is 10.9 Å². The van der Waals surface area contributed by atoms with Crippen molar-refractivity contribution in [2.75, 3.05) is 0 Å². The van der Waals surface area contributed by atoms with Crippen LogP contribution in [0, 0.1) is 5.82 Å². The zero-order chi connectivity index (χ0) is 23.4. The molecule has 3 aromatic carbocycles. The van der Waals surface area contributed by atoms with Gasteiger partial charge in [0, 0.05) is 20.9 Å². The Bertz CT molecular complexity index is 1390. The molecule has 8 heteroatoms. The number of halogens is 3. The molecule has 0 aliphatic heterocycles. The second-order valence-corrected chi connectivity index (χ2v) is 9.23. The van der Waals surface area contributed by atoms with Crippen molar-refractivity contribution in [1.29, 1.82) is 0 Å². The molecule has 5 nitrogen and oxygen atoms in total. The maximum absolute atomic E-state index is 13.2. The van der Waals surface area contributed by atoms with Crippen LogP contribution in [-0.4, -0.2) is 15.9 Å². The van der Waals surface area contributed by atoms with Crippen molar-refractivity contribution in [2.45, 2.75) is 26.4 Å². The number of ether oxygens (including phenoxy) is 1. The second kappa shape index (κ2) is 10.4. The molecule has 0 unspecified atom stereocenters. The summed E-state index contributed by atoms with van der Waals surface area (Å²) in [4.78, 5) is 17.9. The molecule has 0 spiro atoms. The first-order valence-electron chi connectivity index (χ1n) is 10.4. The van der Waals surface area contributed by atoms with Gasteiger partial charge in [-0.25, -0.2) is 9.37 Å². The Hall–Kier alpha value is -2.84. The highest BCUT2D eigenvalue weighted by atomic mass is 79.9. The van der Waals surface area contributed by atoms with Gasteiger partial charge in [-0.15, -0.1) is 0 Å². The van der Waals surface area contributed by atoms with Crippen LogP contribution in [0.15, 0.2) is 79.5 Å². The van der Waals surface area contributed by atoms with E-state index in [0.717, 1.165) is 20.9 Å². The molecule has 0 bridgehead atoms. The number of hydrogen-bond donors (Lipinski definition) is 0. The first-order valence-corrected chi connectivity index (χ1v) is 12.0. The lowest BCUT2D eigenvalue weighted by Gasteiger charge is -2.11. The van der Waals surface area contributed by atoms with Crippen LogP contribution in [0.5, 0.6) is 5.75 Å². The third-order valence-electron chi connectivity index (χ3n) is 4.94. The minimum Gasteiger partial charge on any atom is -0.488 e. The van der Waals surface area contributed by atoms with Gasteiger partial charge in [-0.05, 0) is 60.5 Å². The SMILES string of the molecule is CCCc1nc2ccc(Br)cc2c(=O)n1N=Cc1cc(Br)ccc1OCc1ccc(F)cc1. The molecule has 4 aromatic rings. The molecule has 0 aliphatic rings. The van der Waals surface area contributed by atoms with E-state index in [9.17, 15) is 9.18 Å². The van der Waals surface area contributed by atoms with Gasteiger partial charge in [0.1, 0.15) is 24.0 Å². The van der Waals surface area contributed by atoms with Crippen molar-refractivity contribution >= 4 is 49.0 Å². The predicted molar refractivity (Wildman–Crippen MR) is 136 cm³/mol. The monoisotopic (exact) mass is 571 g/mol. The maximum Gasteiger partial charge on any atom is 0.282 e.